The molecule has 0 aliphatic carbocycles. The van der Waals surface area contributed by atoms with Crippen molar-refractivity contribution >= 4 is 6.98 Å². The van der Waals surface area contributed by atoms with Crippen molar-refractivity contribution in [3.8, 4) is 0 Å². The van der Waals surface area contributed by atoms with Crippen LogP contribution in [0.1, 0.15) is 45.4 Å². The van der Waals surface area contributed by atoms with E-state index in [1.807, 2.05) is 0 Å². The first-order valence-electron chi connectivity index (χ1n) is 4.77. The molecule has 0 amide bonds. The molecule has 0 heterocycles. The zero-order chi connectivity index (χ0) is 9.45. The molecule has 13 heavy (non-hydrogen) atoms. The van der Waals surface area contributed by atoms with Crippen molar-refractivity contribution in [2.75, 3.05) is 0 Å². The van der Waals surface area contributed by atoms with Gasteiger partial charge in [0.1, 0.15) is 0 Å². The summed E-state index contributed by atoms with van der Waals surface area (Å²) in [5.74, 6) is 0. The predicted molar refractivity (Wildman–Crippen MR) is 47.3 cm³/mol. The van der Waals surface area contributed by atoms with Crippen molar-refractivity contribution in [2.45, 2.75) is 51.8 Å². The van der Waals surface area contributed by atoms with E-state index in [-0.39, 0.29) is 51.4 Å². The molecule has 74 valence electrons. The van der Waals surface area contributed by atoms with Crippen LogP contribution in [0.5, 0.6) is 0 Å². The quantitative estimate of drug-likeness (QED) is 0.446. The first-order chi connectivity index (χ1) is 5.56. The Bertz CT molecular complexity index is 106. The molecule has 0 aromatic heterocycles. The van der Waals surface area contributed by atoms with Gasteiger partial charge in [-0.25, -0.2) is 0 Å². The van der Waals surface area contributed by atoms with E-state index in [1.54, 1.807) is 0 Å². The Labute approximate surface area is 122 Å². The van der Waals surface area contributed by atoms with E-state index in [2.05, 4.69) is 6.92 Å². The maximum absolute atomic E-state index is 11.7. The number of hydrogen-bond acceptors (Lipinski definition) is 0. The molecule has 0 fully saturated rings. The fourth-order valence-electron chi connectivity index (χ4n) is 1.16. The Balaban J connectivity index is 0. The normalized spacial score (nSPS) is 11.1. The van der Waals surface area contributed by atoms with Crippen LogP contribution in [0.15, 0.2) is 0 Å². The molecular weight excluding hydrogens is 203 g/mol. The van der Waals surface area contributed by atoms with E-state index in [4.69, 9.17) is 0 Å². The monoisotopic (exact) mass is 220 g/mol. The van der Waals surface area contributed by atoms with Crippen molar-refractivity contribution in [1.29, 1.82) is 0 Å². The minimum Gasteiger partial charge on any atom is -0.449 e. The zero-order valence-corrected chi connectivity index (χ0v) is 11.8. The zero-order valence-electron chi connectivity index (χ0n) is 8.66. The third-order valence-electron chi connectivity index (χ3n) is 1.89. The van der Waals surface area contributed by atoms with E-state index in [0.717, 1.165) is 32.1 Å². The summed E-state index contributed by atoms with van der Waals surface area (Å²) in [5, 5.41) is 0. The van der Waals surface area contributed by atoms with Gasteiger partial charge in [0.05, 0.1) is 0 Å². The van der Waals surface area contributed by atoms with Gasteiger partial charge in [-0.05, 0) is 0 Å². The minimum absolute atomic E-state index is 0. The average molecular weight is 220 g/mol. The molecule has 0 aromatic rings. The standard InChI is InChI=1S/C8H17BF3.K/c1-2-3-4-5-6-7-8-9(10,11)12;/h2-8H2,1H3;/q-1;+1. The van der Waals surface area contributed by atoms with Gasteiger partial charge < -0.3 is 12.9 Å². The number of halogens is 3. The van der Waals surface area contributed by atoms with Gasteiger partial charge in [-0.15, -0.1) is 0 Å². The van der Waals surface area contributed by atoms with Crippen LogP contribution in [0.25, 0.3) is 0 Å². The summed E-state index contributed by atoms with van der Waals surface area (Å²) in [6.07, 6.45) is 4.85. The number of hydrogen-bond donors (Lipinski definition) is 0. The van der Waals surface area contributed by atoms with Gasteiger partial charge in [0.2, 0.25) is 0 Å². The van der Waals surface area contributed by atoms with Crippen LogP contribution in [0.2, 0.25) is 6.32 Å². The average Bonchev–Trinajstić information content (AvgIpc) is 1.94. The molecule has 0 aliphatic heterocycles. The third-order valence-corrected chi connectivity index (χ3v) is 1.89. The van der Waals surface area contributed by atoms with Gasteiger partial charge in [-0.3, -0.25) is 0 Å². The van der Waals surface area contributed by atoms with E-state index in [0.29, 0.717) is 6.42 Å². The SMILES string of the molecule is CCCCCCCC[B-](F)(F)F.[K+]. The van der Waals surface area contributed by atoms with E-state index < -0.39 is 13.3 Å². The van der Waals surface area contributed by atoms with Crippen LogP contribution < -0.4 is 51.4 Å². The van der Waals surface area contributed by atoms with E-state index in [1.165, 1.54) is 0 Å². The second-order valence-electron chi connectivity index (χ2n) is 3.27. The smallest absolute Gasteiger partial charge is 0.449 e. The van der Waals surface area contributed by atoms with Crippen LogP contribution in [-0.2, 0) is 0 Å². The van der Waals surface area contributed by atoms with Crippen LogP contribution in [-0.4, -0.2) is 6.98 Å². The third kappa shape index (κ3) is 16.2. The second kappa shape index (κ2) is 10.0. The molecule has 0 aliphatic rings. The molecule has 0 saturated heterocycles. The van der Waals surface area contributed by atoms with Crippen molar-refractivity contribution in [2.24, 2.45) is 0 Å². The predicted octanol–water partition coefficient (Wildman–Crippen LogP) is 1.20. The topological polar surface area (TPSA) is 0 Å². The van der Waals surface area contributed by atoms with Crippen molar-refractivity contribution in [3.63, 3.8) is 0 Å². The maximum atomic E-state index is 11.7. The van der Waals surface area contributed by atoms with Gasteiger partial charge in [-0.1, -0.05) is 51.8 Å². The van der Waals surface area contributed by atoms with E-state index >= 15 is 0 Å². The van der Waals surface area contributed by atoms with Crippen molar-refractivity contribution < 1.29 is 64.3 Å². The Morgan fingerprint density at radius 2 is 1.31 bits per heavy atom. The Morgan fingerprint density at radius 3 is 1.77 bits per heavy atom. The molecule has 0 unspecified atom stereocenters. The van der Waals surface area contributed by atoms with Crippen molar-refractivity contribution in [1.82, 2.24) is 0 Å². The molecule has 0 rings (SSSR count). The molecule has 0 aromatic carbocycles. The summed E-state index contributed by atoms with van der Waals surface area (Å²) in [6.45, 7) is -2.43. The van der Waals surface area contributed by atoms with Gasteiger partial charge in [0.25, 0.3) is 0 Å². The largest absolute Gasteiger partial charge is 1.00 e. The summed E-state index contributed by atoms with van der Waals surface area (Å²) in [5.41, 5.74) is 0. The summed E-state index contributed by atoms with van der Waals surface area (Å²) >= 11 is 0. The van der Waals surface area contributed by atoms with Crippen LogP contribution in [0.3, 0.4) is 0 Å². The second-order valence-corrected chi connectivity index (χ2v) is 3.27. The van der Waals surface area contributed by atoms with Gasteiger partial charge in [0.15, 0.2) is 0 Å². The molecular formula is C8H17BF3K. The number of rotatable bonds is 7. The maximum Gasteiger partial charge on any atom is 1.00 e. The summed E-state index contributed by atoms with van der Waals surface area (Å²) in [6, 6.07) is 0. The van der Waals surface area contributed by atoms with Gasteiger partial charge in [0, 0.05) is 0 Å². The summed E-state index contributed by atoms with van der Waals surface area (Å²) in [4.78, 5) is 0. The molecule has 0 spiro atoms. The van der Waals surface area contributed by atoms with Gasteiger partial charge >= 0.3 is 58.4 Å². The fourth-order valence-corrected chi connectivity index (χ4v) is 1.16. The molecule has 0 nitrogen and oxygen atoms in total. The Kier molecular flexibility index (Phi) is 13.0. The van der Waals surface area contributed by atoms with Gasteiger partial charge in [-0.2, -0.15) is 0 Å². The van der Waals surface area contributed by atoms with Crippen LogP contribution >= 0.6 is 0 Å². The Hall–Kier alpha value is 1.49. The first kappa shape index (κ1) is 16.9. The first-order valence-corrected chi connectivity index (χ1v) is 4.77. The van der Waals surface area contributed by atoms with Crippen LogP contribution in [0, 0.1) is 0 Å². The van der Waals surface area contributed by atoms with E-state index in [9.17, 15) is 12.9 Å². The summed E-state index contributed by atoms with van der Waals surface area (Å²) in [7, 11) is 0. The summed E-state index contributed by atoms with van der Waals surface area (Å²) < 4.78 is 35.1. The molecule has 0 saturated carbocycles. The minimum atomic E-state index is -4.53. The fraction of sp³-hybridized carbons (Fsp3) is 1.00. The molecule has 0 N–H and O–H groups in total. The molecule has 5 heteroatoms. The molecule has 0 atom stereocenters. The Morgan fingerprint density at radius 1 is 0.846 bits per heavy atom. The van der Waals surface area contributed by atoms with Crippen molar-refractivity contribution in [3.05, 3.63) is 0 Å². The van der Waals surface area contributed by atoms with Crippen LogP contribution in [0.4, 0.5) is 12.9 Å². The molecule has 0 bridgehead atoms. The number of unbranched alkanes of at least 4 members (excludes halogenated alkanes) is 5. The molecule has 0 radical (unpaired) electrons.